The highest BCUT2D eigenvalue weighted by atomic mass is 35.5. The number of aliphatic hydroxyl groups is 1. The Labute approximate surface area is 278 Å². The van der Waals surface area contributed by atoms with Gasteiger partial charge in [-0.3, -0.25) is 14.4 Å². The van der Waals surface area contributed by atoms with Crippen molar-refractivity contribution in [1.29, 1.82) is 0 Å². The summed E-state index contributed by atoms with van der Waals surface area (Å²) in [6.07, 6.45) is 3.24. The number of likely N-dealkylation sites (tertiary alicyclic amines) is 1. The van der Waals surface area contributed by atoms with E-state index in [4.69, 9.17) is 20.8 Å². The van der Waals surface area contributed by atoms with Crippen LogP contribution in [-0.4, -0.2) is 97.7 Å². The van der Waals surface area contributed by atoms with Crippen LogP contribution in [0.15, 0.2) is 52.9 Å². The summed E-state index contributed by atoms with van der Waals surface area (Å²) in [6.45, 7) is 1.18. The lowest BCUT2D eigenvalue weighted by Gasteiger charge is -2.30. The van der Waals surface area contributed by atoms with E-state index in [1.54, 1.807) is 48.5 Å². The van der Waals surface area contributed by atoms with Crippen LogP contribution < -0.4 is 15.4 Å². The van der Waals surface area contributed by atoms with Crippen LogP contribution in [0.1, 0.15) is 48.4 Å². The molecule has 1 aromatic heterocycles. The maximum atomic E-state index is 14.1. The molecule has 0 bridgehead atoms. The molecule has 0 spiro atoms. The van der Waals surface area contributed by atoms with E-state index < -0.39 is 58.5 Å². The summed E-state index contributed by atoms with van der Waals surface area (Å²) in [4.78, 5) is 46.6. The summed E-state index contributed by atoms with van der Waals surface area (Å²) >= 11 is 6.00. The first-order valence-electron chi connectivity index (χ1n) is 15.7. The lowest BCUT2D eigenvalue weighted by atomic mass is 9.91. The van der Waals surface area contributed by atoms with Crippen LogP contribution in [0.5, 0.6) is 0 Å². The number of fused-ring (bicyclic) bond motifs is 1. The molecule has 13 nitrogen and oxygen atoms in total. The van der Waals surface area contributed by atoms with Gasteiger partial charge in [0.1, 0.15) is 23.6 Å². The molecule has 0 unspecified atom stereocenters. The average molecular weight is 690 g/mol. The minimum absolute atomic E-state index is 0.0165. The summed E-state index contributed by atoms with van der Waals surface area (Å²) in [6, 6.07) is 10.2. The number of ketones is 1. The number of halogens is 1. The summed E-state index contributed by atoms with van der Waals surface area (Å²) in [5.74, 6) is -1.93. The van der Waals surface area contributed by atoms with Gasteiger partial charge in [0.2, 0.25) is 27.6 Å². The summed E-state index contributed by atoms with van der Waals surface area (Å²) in [7, 11) is -3.78. The number of amides is 2. The van der Waals surface area contributed by atoms with E-state index in [0.717, 1.165) is 37.8 Å². The number of sulfonamides is 1. The van der Waals surface area contributed by atoms with Gasteiger partial charge in [0.25, 0.3) is 5.89 Å². The molecule has 2 amide bonds. The van der Waals surface area contributed by atoms with E-state index in [1.807, 2.05) is 0 Å². The Morgan fingerprint density at radius 2 is 1.85 bits per heavy atom. The quantitative estimate of drug-likeness (QED) is 0.183. The molecule has 254 valence electrons. The van der Waals surface area contributed by atoms with Gasteiger partial charge in [-0.2, -0.15) is 0 Å². The summed E-state index contributed by atoms with van der Waals surface area (Å²) in [5, 5.41) is 16.5. The molecule has 47 heavy (non-hydrogen) atoms. The molecule has 0 aliphatic carbocycles. The molecule has 0 saturated carbocycles. The number of para-hydroxylation sites is 2. The molecule has 2 fully saturated rings. The number of benzene rings is 2. The summed E-state index contributed by atoms with van der Waals surface area (Å²) < 4.78 is 38.8. The Bertz CT molecular complexity index is 1630. The van der Waals surface area contributed by atoms with Gasteiger partial charge in [-0.15, -0.1) is 0 Å². The first kappa shape index (κ1) is 34.9. The molecule has 15 heteroatoms. The minimum Gasteiger partial charge on any atom is -0.434 e. The Morgan fingerprint density at radius 3 is 2.53 bits per heavy atom. The number of rotatable bonds is 14. The van der Waals surface area contributed by atoms with Crippen molar-refractivity contribution in [2.45, 2.75) is 62.9 Å². The number of aromatic nitrogens is 1. The number of aliphatic hydroxyl groups excluding tert-OH is 1. The van der Waals surface area contributed by atoms with Crippen LogP contribution in [0, 0.1) is 5.92 Å². The highest BCUT2D eigenvalue weighted by Crippen LogP contribution is 2.26. The molecule has 4 atom stereocenters. The van der Waals surface area contributed by atoms with Gasteiger partial charge in [-0.05, 0) is 74.5 Å². The van der Waals surface area contributed by atoms with Crippen LogP contribution in [0.3, 0.4) is 0 Å². The van der Waals surface area contributed by atoms with Crippen molar-refractivity contribution in [3.8, 4) is 0 Å². The zero-order valence-corrected chi connectivity index (χ0v) is 27.6. The predicted octanol–water partition coefficient (Wildman–Crippen LogP) is 2.02. The van der Waals surface area contributed by atoms with Gasteiger partial charge >= 0.3 is 0 Å². The van der Waals surface area contributed by atoms with E-state index in [2.05, 4.69) is 20.3 Å². The van der Waals surface area contributed by atoms with Crippen molar-refractivity contribution >= 4 is 50.3 Å². The van der Waals surface area contributed by atoms with Gasteiger partial charge < -0.3 is 29.8 Å². The number of oxazole rings is 1. The van der Waals surface area contributed by atoms with E-state index >= 15 is 0 Å². The van der Waals surface area contributed by atoms with Crippen molar-refractivity contribution in [2.24, 2.45) is 5.92 Å². The number of hydrogen-bond acceptors (Lipinski definition) is 10. The van der Waals surface area contributed by atoms with Crippen molar-refractivity contribution in [3.05, 3.63) is 65.0 Å². The first-order chi connectivity index (χ1) is 22.5. The van der Waals surface area contributed by atoms with Crippen molar-refractivity contribution < 1.29 is 37.1 Å². The third kappa shape index (κ3) is 9.36. The zero-order chi connectivity index (χ0) is 33.6. The third-order valence-corrected chi connectivity index (χ3v) is 9.51. The molecule has 2 aliphatic heterocycles. The van der Waals surface area contributed by atoms with Gasteiger partial charge in [0.05, 0.1) is 25.6 Å². The highest BCUT2D eigenvalue weighted by molar-refractivity contribution is 7.88. The maximum absolute atomic E-state index is 14.1. The van der Waals surface area contributed by atoms with Crippen LogP contribution in [0.2, 0.25) is 5.02 Å². The van der Waals surface area contributed by atoms with Crippen LogP contribution in [0.25, 0.3) is 11.1 Å². The Hall–Kier alpha value is -3.40. The smallest absolute Gasteiger partial charge is 0.266 e. The van der Waals surface area contributed by atoms with Crippen LogP contribution in [-0.2, 0) is 31.0 Å². The van der Waals surface area contributed by atoms with Gasteiger partial charge in [0.15, 0.2) is 5.58 Å². The minimum atomic E-state index is -3.78. The van der Waals surface area contributed by atoms with E-state index in [9.17, 15) is 27.9 Å². The van der Waals surface area contributed by atoms with E-state index in [-0.39, 0.29) is 31.9 Å². The Morgan fingerprint density at radius 1 is 1.13 bits per heavy atom. The van der Waals surface area contributed by atoms with E-state index in [0.29, 0.717) is 28.5 Å². The normalized spacial score (nSPS) is 20.3. The van der Waals surface area contributed by atoms with Crippen molar-refractivity contribution in [3.63, 3.8) is 0 Å². The molecule has 3 heterocycles. The number of ether oxygens (including phenoxy) is 1. The van der Waals surface area contributed by atoms with Crippen LogP contribution in [0.4, 0.5) is 0 Å². The van der Waals surface area contributed by atoms with Crippen LogP contribution >= 0.6 is 11.6 Å². The van der Waals surface area contributed by atoms with Gasteiger partial charge in [-0.1, -0.05) is 35.9 Å². The number of hydrogen-bond donors (Lipinski definition) is 4. The van der Waals surface area contributed by atoms with Crippen molar-refractivity contribution in [2.75, 3.05) is 32.5 Å². The predicted molar refractivity (Wildman–Crippen MR) is 174 cm³/mol. The van der Waals surface area contributed by atoms with E-state index in [1.165, 1.54) is 4.90 Å². The second-order valence-corrected chi connectivity index (χ2v) is 14.3. The number of nitrogens with zero attached hydrogens (tertiary/aromatic N) is 2. The summed E-state index contributed by atoms with van der Waals surface area (Å²) in [5.41, 5.74) is 1.66. The number of Topliss-reactive ketones (excluding diaryl/α,β-unsaturated/α-hetero) is 1. The second kappa shape index (κ2) is 15.7. The molecule has 2 aliphatic rings. The number of piperidine rings is 1. The fourth-order valence-corrected chi connectivity index (χ4v) is 6.92. The second-order valence-electron chi connectivity index (χ2n) is 12.1. The third-order valence-electron chi connectivity index (χ3n) is 8.54. The number of nitrogens with one attached hydrogen (secondary N) is 3. The lowest BCUT2D eigenvalue weighted by molar-refractivity contribution is -0.140. The Balaban J connectivity index is 1.34. The number of carbonyl (C=O) groups excluding carboxylic acids is 3. The molecular weight excluding hydrogens is 650 g/mol. The maximum Gasteiger partial charge on any atom is 0.266 e. The average Bonchev–Trinajstić information content (AvgIpc) is 3.69. The largest absolute Gasteiger partial charge is 0.434 e. The monoisotopic (exact) mass is 689 g/mol. The fraction of sp³-hybridized carbons (Fsp3) is 0.500. The van der Waals surface area contributed by atoms with Gasteiger partial charge in [0, 0.05) is 18.0 Å². The highest BCUT2D eigenvalue weighted by Gasteiger charge is 2.44. The standard InChI is InChI=1S/C32H40ClN5O8S/c1-47(43,44)37-25(11-8-20-12-14-34-15-13-20)32(42)38-17-23(45-19-21-6-9-22(33)10-7-21)16-27(38)30(41)35-26(18-39)29(40)31-36-24-4-2-3-5-28(24)46-31/h2-7,9-10,20,23,25-27,34,37,39H,8,11-19H2,1H3,(H,35,41)/t23-,25-,26+,27+/m1/s1. The molecule has 5 rings (SSSR count). The van der Waals surface area contributed by atoms with Gasteiger partial charge in [-0.25, -0.2) is 18.1 Å². The molecule has 4 N–H and O–H groups in total. The zero-order valence-electron chi connectivity index (χ0n) is 26.1. The topological polar surface area (TPSA) is 180 Å². The number of carbonyl (C=O) groups is 3. The molecule has 0 radical (unpaired) electrons. The molecule has 3 aromatic rings. The SMILES string of the molecule is CS(=O)(=O)N[C@H](CCC1CCNCC1)C(=O)N1C[C@H](OCc2ccc(Cl)cc2)C[C@H]1C(=O)N[C@@H](CO)C(=O)c1nc2ccccc2o1. The molecule has 2 saturated heterocycles. The molecule has 2 aromatic carbocycles. The first-order valence-corrected chi connectivity index (χ1v) is 17.9. The lowest BCUT2D eigenvalue weighted by Crippen LogP contribution is -2.55. The molecular formula is C32H40ClN5O8S. The van der Waals surface area contributed by atoms with Crippen molar-refractivity contribution in [1.82, 2.24) is 25.2 Å². The fourth-order valence-electron chi connectivity index (χ4n) is 6.06. The Kier molecular flexibility index (Phi) is 11.6.